The Labute approximate surface area is 251 Å². The minimum Gasteiger partial charge on any atom is -0.382 e. The first-order valence-corrected chi connectivity index (χ1v) is 17.0. The van der Waals surface area contributed by atoms with Gasteiger partial charge in [-0.2, -0.15) is 13.2 Å². The van der Waals surface area contributed by atoms with Crippen molar-refractivity contribution >= 4 is 17.3 Å². The Morgan fingerprint density at radius 2 is 1.83 bits per heavy atom. The second kappa shape index (κ2) is 12.5. The second-order valence-electron chi connectivity index (χ2n) is 13.6. The number of halogens is 3. The van der Waals surface area contributed by atoms with Crippen molar-refractivity contribution in [3.8, 4) is 0 Å². The molecule has 0 bridgehead atoms. The van der Waals surface area contributed by atoms with E-state index < -0.39 is 11.7 Å². The summed E-state index contributed by atoms with van der Waals surface area (Å²) in [5.41, 5.74) is -0.505. The van der Waals surface area contributed by atoms with Gasteiger partial charge >= 0.3 is 11.9 Å². The molecule has 7 atom stereocenters. The Kier molecular flexibility index (Phi) is 9.08. The molecular weight excluding hydrogens is 561 g/mol. The lowest BCUT2D eigenvalue weighted by Gasteiger charge is -2.46. The van der Waals surface area contributed by atoms with E-state index in [4.69, 9.17) is 4.74 Å². The summed E-state index contributed by atoms with van der Waals surface area (Å²) < 4.78 is 51.5. The number of aromatic nitrogens is 2. The first-order chi connectivity index (χ1) is 20.1. The smallest absolute Gasteiger partial charge is 0.382 e. The summed E-state index contributed by atoms with van der Waals surface area (Å²) in [6.07, 6.45) is 8.42. The molecule has 2 aromatic heterocycles. The molecule has 0 aromatic carbocycles. The number of fused-ring (bicyclic) bond motifs is 1. The number of hydrogen-bond donors (Lipinski definition) is 1. The highest BCUT2D eigenvalue weighted by atomic mass is 32.2. The van der Waals surface area contributed by atoms with Crippen LogP contribution in [0.25, 0.3) is 5.52 Å². The van der Waals surface area contributed by atoms with Gasteiger partial charge in [0.25, 0.3) is 0 Å². The van der Waals surface area contributed by atoms with Crippen molar-refractivity contribution in [3.63, 3.8) is 0 Å². The van der Waals surface area contributed by atoms with Gasteiger partial charge in [0.05, 0.1) is 23.1 Å². The molecule has 4 aliphatic rings. The quantitative estimate of drug-likeness (QED) is 0.368. The number of hydrogen-bond acceptors (Lipinski definition) is 5. The molecule has 5 unspecified atom stereocenters. The number of ether oxygens (including phenoxy) is 1. The molecule has 0 amide bonds. The van der Waals surface area contributed by atoms with E-state index >= 15 is 0 Å². The molecule has 2 saturated carbocycles. The highest BCUT2D eigenvalue weighted by Gasteiger charge is 2.46. The number of nitrogens with zero attached hydrogens (tertiary/aromatic N) is 3. The van der Waals surface area contributed by atoms with Crippen LogP contribution in [0.3, 0.4) is 0 Å². The number of thioether (sulfide) groups is 1. The summed E-state index contributed by atoms with van der Waals surface area (Å²) in [7, 11) is 1.75. The van der Waals surface area contributed by atoms with Crippen molar-refractivity contribution in [2.24, 2.45) is 23.7 Å². The minimum absolute atomic E-state index is 0.0224. The maximum atomic E-state index is 14.4. The molecule has 0 radical (unpaired) electrons. The molecule has 234 valence electrons. The van der Waals surface area contributed by atoms with E-state index in [-0.39, 0.29) is 17.2 Å². The van der Waals surface area contributed by atoms with Gasteiger partial charge < -0.3 is 4.74 Å². The molecule has 2 aliphatic carbocycles. The van der Waals surface area contributed by atoms with Crippen LogP contribution < -0.4 is 11.0 Å². The fourth-order valence-corrected chi connectivity index (χ4v) is 9.92. The van der Waals surface area contributed by atoms with E-state index in [1.165, 1.54) is 35.9 Å². The van der Waals surface area contributed by atoms with E-state index in [1.54, 1.807) is 17.9 Å². The Bertz CT molecular complexity index is 1290. The van der Waals surface area contributed by atoms with Gasteiger partial charge in [0.15, 0.2) is 0 Å². The summed E-state index contributed by atoms with van der Waals surface area (Å²) in [6.45, 7) is 7.38. The number of imidazole rings is 1. The van der Waals surface area contributed by atoms with Gasteiger partial charge in [-0.3, -0.25) is 19.2 Å². The lowest BCUT2D eigenvalue weighted by molar-refractivity contribution is -0.136. The molecule has 6 rings (SSSR count). The molecule has 2 saturated heterocycles. The number of pyridine rings is 1. The Morgan fingerprint density at radius 1 is 1.07 bits per heavy atom. The third-order valence-corrected chi connectivity index (χ3v) is 11.9. The minimum atomic E-state index is -4.53. The maximum absolute atomic E-state index is 14.4. The topological polar surface area (TPSA) is 50.9 Å². The predicted octanol–water partition coefficient (Wildman–Crippen LogP) is 6.57. The van der Waals surface area contributed by atoms with Gasteiger partial charge in [-0.15, -0.1) is 11.8 Å². The van der Waals surface area contributed by atoms with Crippen LogP contribution in [-0.2, 0) is 17.5 Å². The summed E-state index contributed by atoms with van der Waals surface area (Å²) in [5.74, 6) is 2.17. The van der Waals surface area contributed by atoms with Crippen molar-refractivity contribution in [1.29, 1.82) is 0 Å². The number of rotatable bonds is 8. The second-order valence-corrected chi connectivity index (χ2v) is 15.2. The summed E-state index contributed by atoms with van der Waals surface area (Å²) in [4.78, 5) is 16.0. The average Bonchev–Trinajstić information content (AvgIpc) is 3.44. The van der Waals surface area contributed by atoms with E-state index in [0.29, 0.717) is 59.1 Å². The van der Waals surface area contributed by atoms with Crippen LogP contribution in [0.4, 0.5) is 13.2 Å². The number of methoxy groups -OCH3 is 1. The summed E-state index contributed by atoms with van der Waals surface area (Å²) in [6, 6.07) is 1.59. The van der Waals surface area contributed by atoms with Crippen molar-refractivity contribution in [3.05, 3.63) is 40.1 Å². The molecule has 2 aromatic rings. The van der Waals surface area contributed by atoms with Gasteiger partial charge in [-0.05, 0) is 74.0 Å². The zero-order valence-electron chi connectivity index (χ0n) is 25.2. The number of nitrogens with one attached hydrogen (secondary N) is 1. The fraction of sp³-hybridized carbons (Fsp3) is 0.781. The van der Waals surface area contributed by atoms with Crippen LogP contribution in [0.1, 0.15) is 88.8 Å². The molecule has 1 N–H and O–H groups in total. The van der Waals surface area contributed by atoms with E-state index in [2.05, 4.69) is 24.1 Å². The molecule has 6 nitrogen and oxygen atoms in total. The molecular formula is C32H47F3N4O2S. The largest absolute Gasteiger partial charge is 0.418 e. The highest BCUT2D eigenvalue weighted by molar-refractivity contribution is 8.00. The normalized spacial score (nSPS) is 32.3. The predicted molar refractivity (Wildman–Crippen MR) is 162 cm³/mol. The molecule has 4 heterocycles. The van der Waals surface area contributed by atoms with Gasteiger partial charge in [0.2, 0.25) is 0 Å². The Hall–Kier alpha value is -1.49. The highest BCUT2D eigenvalue weighted by Crippen LogP contribution is 2.49. The van der Waals surface area contributed by atoms with Crippen LogP contribution in [0.5, 0.6) is 0 Å². The Morgan fingerprint density at radius 3 is 2.52 bits per heavy atom. The van der Waals surface area contributed by atoms with Crippen LogP contribution in [0.2, 0.25) is 0 Å². The van der Waals surface area contributed by atoms with Crippen molar-refractivity contribution in [2.75, 3.05) is 26.8 Å². The van der Waals surface area contributed by atoms with Gasteiger partial charge in [-0.25, -0.2) is 4.79 Å². The molecule has 0 spiro atoms. The van der Waals surface area contributed by atoms with Crippen LogP contribution >= 0.6 is 11.8 Å². The average molecular weight is 609 g/mol. The third kappa shape index (κ3) is 6.20. The fourth-order valence-electron chi connectivity index (χ4n) is 8.52. The first kappa shape index (κ1) is 30.5. The van der Waals surface area contributed by atoms with Gasteiger partial charge in [-0.1, -0.05) is 39.5 Å². The van der Waals surface area contributed by atoms with Crippen molar-refractivity contribution in [1.82, 2.24) is 19.2 Å². The first-order valence-electron chi connectivity index (χ1n) is 16.1. The van der Waals surface area contributed by atoms with Crippen molar-refractivity contribution in [2.45, 2.75) is 107 Å². The lowest BCUT2D eigenvalue weighted by atomic mass is 9.63. The number of piperidine rings is 1. The molecule has 2 aliphatic heterocycles. The number of alkyl halides is 3. The third-order valence-electron chi connectivity index (χ3n) is 10.6. The van der Waals surface area contributed by atoms with Crippen LogP contribution in [0.15, 0.2) is 23.3 Å². The maximum Gasteiger partial charge on any atom is 0.418 e. The van der Waals surface area contributed by atoms with Crippen LogP contribution in [-0.4, -0.2) is 57.3 Å². The molecule has 10 heteroatoms. The van der Waals surface area contributed by atoms with E-state index in [0.717, 1.165) is 51.6 Å². The molecule has 4 fully saturated rings. The molecule has 42 heavy (non-hydrogen) atoms. The van der Waals surface area contributed by atoms with Crippen molar-refractivity contribution < 1.29 is 17.9 Å². The Balaban J connectivity index is 1.28. The van der Waals surface area contributed by atoms with E-state index in [1.807, 2.05) is 11.8 Å². The lowest BCUT2D eigenvalue weighted by Crippen LogP contribution is -2.49. The zero-order chi connectivity index (χ0) is 29.6. The van der Waals surface area contributed by atoms with Gasteiger partial charge in [0, 0.05) is 49.9 Å². The standard InChI is InChI=1S/C32H47F3N4O2S/c1-20-7-6-12-37(15-20)16-22-13-26(32(33,34)35)27-18-38(31(40)39(27)17-22)25-11-5-10-24(14-25)29(23-8-4-9-23)30-21(2)42-28(36-30)19-41-3/h13,17-18,20-21,23-25,28-30,36H,4-12,14-16,19H2,1-3H3/t20-,21?,24?,25?,28?,29+,30?/m0/s1. The van der Waals surface area contributed by atoms with Gasteiger partial charge in [0.1, 0.15) is 0 Å². The van der Waals surface area contributed by atoms with E-state index in [9.17, 15) is 18.0 Å². The summed E-state index contributed by atoms with van der Waals surface area (Å²) >= 11 is 1.96. The summed E-state index contributed by atoms with van der Waals surface area (Å²) in [5, 5.41) is 4.65. The zero-order valence-corrected chi connectivity index (χ0v) is 26.1. The van der Waals surface area contributed by atoms with Crippen LogP contribution in [0, 0.1) is 23.7 Å². The SMILES string of the molecule is COCC1NC([C@H](C2CCC2)C2CCCC(n3cc4c(C(F)(F)F)cc(CN5CCC[C@H](C)C5)cn4c3=O)C2)C(C)S1. The monoisotopic (exact) mass is 608 g/mol. The number of likely N-dealkylation sites (tertiary alicyclic amines) is 1.